The standard InChI is InChI=1S/C17H21N7/c1-22-9-16(20-12-22)14-7-23(8-15(14)18)10-17-19-11-21-24(17)13-5-3-2-4-6-13/h2-6,9,11-12,14-15H,7-8,10,18H2,1H3/t14-,15-/m1/s1. The fourth-order valence-electron chi connectivity index (χ4n) is 3.34. The van der Waals surface area contributed by atoms with E-state index < -0.39 is 0 Å². The number of imidazole rings is 1. The Bertz CT molecular complexity index is 807. The van der Waals surface area contributed by atoms with Crippen LogP contribution in [0.4, 0.5) is 0 Å². The number of benzene rings is 1. The zero-order valence-electron chi connectivity index (χ0n) is 13.7. The first-order valence-electron chi connectivity index (χ1n) is 8.11. The predicted molar refractivity (Wildman–Crippen MR) is 90.6 cm³/mol. The molecule has 0 unspecified atom stereocenters. The van der Waals surface area contributed by atoms with Crippen LogP contribution in [0.15, 0.2) is 49.2 Å². The first-order valence-corrected chi connectivity index (χ1v) is 8.11. The van der Waals surface area contributed by atoms with Gasteiger partial charge in [-0.15, -0.1) is 0 Å². The lowest BCUT2D eigenvalue weighted by molar-refractivity contribution is 0.312. The zero-order valence-corrected chi connectivity index (χ0v) is 13.7. The molecular weight excluding hydrogens is 302 g/mol. The summed E-state index contributed by atoms with van der Waals surface area (Å²) in [7, 11) is 1.98. The Morgan fingerprint density at radius 1 is 1.17 bits per heavy atom. The lowest BCUT2D eigenvalue weighted by Gasteiger charge is -2.15. The second kappa shape index (κ2) is 6.18. The van der Waals surface area contributed by atoms with Crippen molar-refractivity contribution in [1.29, 1.82) is 0 Å². The van der Waals surface area contributed by atoms with E-state index in [0.717, 1.165) is 36.8 Å². The zero-order chi connectivity index (χ0) is 16.5. The van der Waals surface area contributed by atoms with Gasteiger partial charge in [0.15, 0.2) is 0 Å². The van der Waals surface area contributed by atoms with Gasteiger partial charge in [0, 0.05) is 38.3 Å². The average Bonchev–Trinajstić information content (AvgIpc) is 3.29. The van der Waals surface area contributed by atoms with E-state index in [1.54, 1.807) is 6.33 Å². The van der Waals surface area contributed by atoms with Crippen molar-refractivity contribution < 1.29 is 0 Å². The first kappa shape index (κ1) is 15.0. The molecule has 24 heavy (non-hydrogen) atoms. The van der Waals surface area contributed by atoms with Crippen LogP contribution in [0.1, 0.15) is 17.4 Å². The van der Waals surface area contributed by atoms with Gasteiger partial charge < -0.3 is 10.3 Å². The number of hydrogen-bond acceptors (Lipinski definition) is 5. The van der Waals surface area contributed by atoms with Gasteiger partial charge in [-0.2, -0.15) is 5.10 Å². The summed E-state index contributed by atoms with van der Waals surface area (Å²) in [5, 5.41) is 4.36. The smallest absolute Gasteiger partial charge is 0.146 e. The largest absolute Gasteiger partial charge is 0.340 e. The molecule has 2 atom stereocenters. The number of aryl methyl sites for hydroxylation is 1. The van der Waals surface area contributed by atoms with Crippen LogP contribution in [-0.2, 0) is 13.6 Å². The molecule has 4 rings (SSSR count). The minimum atomic E-state index is 0.0907. The fraction of sp³-hybridized carbons (Fsp3) is 0.353. The highest BCUT2D eigenvalue weighted by molar-refractivity contribution is 5.30. The van der Waals surface area contributed by atoms with Crippen molar-refractivity contribution in [3.05, 3.63) is 60.7 Å². The van der Waals surface area contributed by atoms with Gasteiger partial charge in [-0.05, 0) is 12.1 Å². The van der Waals surface area contributed by atoms with Crippen molar-refractivity contribution in [2.45, 2.75) is 18.5 Å². The molecule has 124 valence electrons. The van der Waals surface area contributed by atoms with E-state index in [2.05, 4.69) is 26.2 Å². The molecule has 2 aromatic heterocycles. The Kier molecular flexibility index (Phi) is 3.87. The van der Waals surface area contributed by atoms with Gasteiger partial charge >= 0.3 is 0 Å². The van der Waals surface area contributed by atoms with Gasteiger partial charge in [-0.25, -0.2) is 14.6 Å². The Balaban J connectivity index is 1.50. The van der Waals surface area contributed by atoms with Crippen LogP contribution in [0.3, 0.4) is 0 Å². The summed E-state index contributed by atoms with van der Waals surface area (Å²) in [4.78, 5) is 11.2. The van der Waals surface area contributed by atoms with Crippen LogP contribution in [0, 0.1) is 0 Å². The third-order valence-corrected chi connectivity index (χ3v) is 4.53. The maximum absolute atomic E-state index is 6.36. The minimum Gasteiger partial charge on any atom is -0.340 e. The lowest BCUT2D eigenvalue weighted by Crippen LogP contribution is -2.29. The molecule has 1 aliphatic heterocycles. The molecule has 1 aliphatic rings. The maximum Gasteiger partial charge on any atom is 0.146 e. The number of nitrogens with two attached hydrogens (primary N) is 1. The van der Waals surface area contributed by atoms with E-state index in [9.17, 15) is 0 Å². The fourth-order valence-corrected chi connectivity index (χ4v) is 3.34. The Morgan fingerprint density at radius 2 is 2.00 bits per heavy atom. The van der Waals surface area contributed by atoms with E-state index in [4.69, 9.17) is 5.73 Å². The van der Waals surface area contributed by atoms with Crippen molar-refractivity contribution in [3.63, 3.8) is 0 Å². The second-order valence-electron chi connectivity index (χ2n) is 6.35. The van der Waals surface area contributed by atoms with E-state index in [0.29, 0.717) is 0 Å². The van der Waals surface area contributed by atoms with Crippen LogP contribution in [0.5, 0.6) is 0 Å². The molecule has 3 heterocycles. The van der Waals surface area contributed by atoms with Crippen molar-refractivity contribution in [2.75, 3.05) is 13.1 Å². The van der Waals surface area contributed by atoms with E-state index in [-0.39, 0.29) is 12.0 Å². The van der Waals surface area contributed by atoms with Gasteiger partial charge in [0.25, 0.3) is 0 Å². The van der Waals surface area contributed by atoms with Crippen LogP contribution in [0.2, 0.25) is 0 Å². The molecule has 0 saturated carbocycles. The molecule has 0 spiro atoms. The summed E-state index contributed by atoms with van der Waals surface area (Å²) >= 11 is 0. The Morgan fingerprint density at radius 3 is 2.75 bits per heavy atom. The quantitative estimate of drug-likeness (QED) is 0.773. The number of hydrogen-bond donors (Lipinski definition) is 1. The number of likely N-dealkylation sites (tertiary alicyclic amines) is 1. The molecule has 0 aliphatic carbocycles. The first-order chi connectivity index (χ1) is 11.7. The van der Waals surface area contributed by atoms with Crippen molar-refractivity contribution in [1.82, 2.24) is 29.2 Å². The lowest BCUT2D eigenvalue weighted by atomic mass is 10.0. The van der Waals surface area contributed by atoms with Gasteiger partial charge in [-0.1, -0.05) is 18.2 Å². The third-order valence-electron chi connectivity index (χ3n) is 4.53. The SMILES string of the molecule is Cn1cnc([C@@H]2CN(Cc3ncnn3-c3ccccc3)C[C@H]2N)c1. The summed E-state index contributed by atoms with van der Waals surface area (Å²) in [6, 6.07) is 10.2. The van der Waals surface area contributed by atoms with Gasteiger partial charge in [-0.3, -0.25) is 4.90 Å². The topological polar surface area (TPSA) is 77.8 Å². The van der Waals surface area contributed by atoms with Gasteiger partial charge in [0.2, 0.25) is 0 Å². The molecule has 0 amide bonds. The molecule has 2 N–H and O–H groups in total. The Hall–Kier alpha value is -2.51. The summed E-state index contributed by atoms with van der Waals surface area (Å²) in [5.41, 5.74) is 8.44. The second-order valence-corrected chi connectivity index (χ2v) is 6.35. The molecular formula is C17H21N7. The molecule has 1 fully saturated rings. The van der Waals surface area contributed by atoms with Gasteiger partial charge in [0.05, 0.1) is 24.3 Å². The average molecular weight is 323 g/mol. The van der Waals surface area contributed by atoms with Crippen molar-refractivity contribution in [2.24, 2.45) is 12.8 Å². The van der Waals surface area contributed by atoms with E-state index >= 15 is 0 Å². The number of aromatic nitrogens is 5. The van der Waals surface area contributed by atoms with E-state index in [1.807, 2.05) is 53.0 Å². The highest BCUT2D eigenvalue weighted by atomic mass is 15.4. The van der Waals surface area contributed by atoms with Gasteiger partial charge in [0.1, 0.15) is 12.2 Å². The molecule has 0 radical (unpaired) electrons. The molecule has 7 nitrogen and oxygen atoms in total. The number of nitrogens with zero attached hydrogens (tertiary/aromatic N) is 6. The van der Waals surface area contributed by atoms with Crippen LogP contribution in [0.25, 0.3) is 5.69 Å². The monoisotopic (exact) mass is 323 g/mol. The summed E-state index contributed by atoms with van der Waals surface area (Å²) in [6.07, 6.45) is 5.49. The predicted octanol–water partition coefficient (Wildman–Crippen LogP) is 0.927. The number of para-hydroxylation sites is 1. The molecule has 1 aromatic carbocycles. The van der Waals surface area contributed by atoms with Crippen LogP contribution < -0.4 is 5.73 Å². The minimum absolute atomic E-state index is 0.0907. The highest BCUT2D eigenvalue weighted by Gasteiger charge is 2.33. The van der Waals surface area contributed by atoms with Crippen LogP contribution >= 0.6 is 0 Å². The van der Waals surface area contributed by atoms with Crippen molar-refractivity contribution in [3.8, 4) is 5.69 Å². The maximum atomic E-state index is 6.36. The van der Waals surface area contributed by atoms with Crippen LogP contribution in [-0.4, -0.2) is 48.3 Å². The molecule has 0 bridgehead atoms. The summed E-state index contributed by atoms with van der Waals surface area (Å²) < 4.78 is 3.86. The highest BCUT2D eigenvalue weighted by Crippen LogP contribution is 2.26. The third kappa shape index (κ3) is 2.83. The molecule has 7 heteroatoms. The molecule has 3 aromatic rings. The normalized spacial score (nSPS) is 21.4. The number of rotatable bonds is 4. The Labute approximate surface area is 140 Å². The summed E-state index contributed by atoms with van der Waals surface area (Å²) in [5.74, 6) is 1.19. The van der Waals surface area contributed by atoms with E-state index in [1.165, 1.54) is 0 Å². The van der Waals surface area contributed by atoms with Crippen molar-refractivity contribution >= 4 is 0 Å². The molecule has 1 saturated heterocycles. The summed E-state index contributed by atoms with van der Waals surface area (Å²) in [6.45, 7) is 2.45.